The third-order valence-corrected chi connectivity index (χ3v) is 5.62. The minimum Gasteiger partial charge on any atom is -0.354 e. The summed E-state index contributed by atoms with van der Waals surface area (Å²) in [6.07, 6.45) is 3.28. The lowest BCUT2D eigenvalue weighted by Gasteiger charge is -2.14. The Balaban J connectivity index is 1.59. The highest BCUT2D eigenvalue weighted by Gasteiger charge is 2.27. The van der Waals surface area contributed by atoms with Crippen LogP contribution in [0.25, 0.3) is 0 Å². The fourth-order valence-corrected chi connectivity index (χ4v) is 3.91. The molecular formula is C17H21N5O3S. The molecule has 0 aromatic carbocycles. The molecule has 8 nitrogen and oxygen atoms in total. The quantitative estimate of drug-likeness (QED) is 0.768. The molecule has 9 heteroatoms. The summed E-state index contributed by atoms with van der Waals surface area (Å²) in [4.78, 5) is 45.1. The predicted octanol–water partition coefficient (Wildman–Crippen LogP) is 0.579. The zero-order valence-electron chi connectivity index (χ0n) is 15.0. The van der Waals surface area contributed by atoms with Gasteiger partial charge in [-0.1, -0.05) is 11.8 Å². The number of nitrogens with one attached hydrogen (secondary N) is 1. The fraction of sp³-hybridized carbons (Fsp3) is 0.471. The lowest BCUT2D eigenvalue weighted by Crippen LogP contribution is -2.34. The Kier molecular flexibility index (Phi) is 5.26. The van der Waals surface area contributed by atoms with Crippen LogP contribution in [0, 0.1) is 20.8 Å². The van der Waals surface area contributed by atoms with E-state index in [9.17, 15) is 14.4 Å². The first kappa shape index (κ1) is 18.4. The van der Waals surface area contributed by atoms with E-state index < -0.39 is 0 Å². The van der Waals surface area contributed by atoms with E-state index in [2.05, 4.69) is 15.3 Å². The highest BCUT2D eigenvalue weighted by Crippen LogP contribution is 2.31. The lowest BCUT2D eigenvalue weighted by atomic mass is 10.2. The summed E-state index contributed by atoms with van der Waals surface area (Å²) in [5.41, 5.74) is 1.71. The SMILES string of the molecule is Cc1ncn(CCNC(=O)CC2CSc3ncc(C)c(=O)n32)c(=O)c1C. The molecule has 0 bridgehead atoms. The Morgan fingerprint density at radius 3 is 2.81 bits per heavy atom. The maximum absolute atomic E-state index is 12.3. The van der Waals surface area contributed by atoms with Crippen molar-refractivity contribution in [3.8, 4) is 0 Å². The fourth-order valence-electron chi connectivity index (χ4n) is 2.81. The first-order chi connectivity index (χ1) is 12.4. The van der Waals surface area contributed by atoms with Crippen LogP contribution in [0.15, 0.2) is 27.3 Å². The Hall–Kier alpha value is -2.42. The summed E-state index contributed by atoms with van der Waals surface area (Å²) >= 11 is 1.48. The number of carbonyl (C=O) groups is 1. The summed E-state index contributed by atoms with van der Waals surface area (Å²) in [5, 5.41) is 3.47. The Labute approximate surface area is 154 Å². The van der Waals surface area contributed by atoms with Crippen molar-refractivity contribution in [2.75, 3.05) is 12.3 Å². The number of fused-ring (bicyclic) bond motifs is 1. The molecule has 2 aromatic rings. The maximum Gasteiger partial charge on any atom is 0.257 e. The van der Waals surface area contributed by atoms with Crippen molar-refractivity contribution in [3.05, 3.63) is 50.1 Å². The van der Waals surface area contributed by atoms with E-state index in [1.807, 2.05) is 0 Å². The molecule has 1 atom stereocenters. The molecule has 0 aliphatic carbocycles. The van der Waals surface area contributed by atoms with Crippen LogP contribution in [0.3, 0.4) is 0 Å². The van der Waals surface area contributed by atoms with Crippen LogP contribution in [-0.4, -0.2) is 37.3 Å². The molecule has 0 saturated heterocycles. The number of thioether (sulfide) groups is 1. The van der Waals surface area contributed by atoms with Gasteiger partial charge in [-0.15, -0.1) is 0 Å². The van der Waals surface area contributed by atoms with Crippen molar-refractivity contribution >= 4 is 17.7 Å². The van der Waals surface area contributed by atoms with Crippen molar-refractivity contribution in [1.29, 1.82) is 0 Å². The molecule has 1 aliphatic rings. The average molecular weight is 375 g/mol. The molecule has 0 radical (unpaired) electrons. The smallest absolute Gasteiger partial charge is 0.257 e. The normalized spacial score (nSPS) is 15.7. The van der Waals surface area contributed by atoms with E-state index in [0.717, 1.165) is 0 Å². The molecule has 26 heavy (non-hydrogen) atoms. The minimum absolute atomic E-state index is 0.0921. The van der Waals surface area contributed by atoms with Crippen LogP contribution in [0.1, 0.15) is 29.3 Å². The molecule has 0 fully saturated rings. The number of aryl methyl sites for hydroxylation is 2. The third-order valence-electron chi connectivity index (χ3n) is 4.51. The highest BCUT2D eigenvalue weighted by molar-refractivity contribution is 7.99. The van der Waals surface area contributed by atoms with Crippen LogP contribution in [-0.2, 0) is 11.3 Å². The number of hydrogen-bond acceptors (Lipinski definition) is 6. The Bertz CT molecular complexity index is 966. The molecular weight excluding hydrogens is 354 g/mol. The van der Waals surface area contributed by atoms with Gasteiger partial charge in [0.2, 0.25) is 5.91 Å². The highest BCUT2D eigenvalue weighted by atomic mass is 32.2. The maximum atomic E-state index is 12.3. The van der Waals surface area contributed by atoms with Crippen LogP contribution in [0.5, 0.6) is 0 Å². The van der Waals surface area contributed by atoms with Gasteiger partial charge in [-0.2, -0.15) is 0 Å². The summed E-state index contributed by atoms with van der Waals surface area (Å²) in [6.45, 7) is 5.94. The van der Waals surface area contributed by atoms with E-state index in [4.69, 9.17) is 0 Å². The molecule has 2 aromatic heterocycles. The largest absolute Gasteiger partial charge is 0.354 e. The predicted molar refractivity (Wildman–Crippen MR) is 98.6 cm³/mol. The first-order valence-corrected chi connectivity index (χ1v) is 9.37. The first-order valence-electron chi connectivity index (χ1n) is 8.38. The summed E-state index contributed by atoms with van der Waals surface area (Å²) in [7, 11) is 0. The van der Waals surface area contributed by atoms with Gasteiger partial charge in [0, 0.05) is 48.3 Å². The summed E-state index contributed by atoms with van der Waals surface area (Å²) in [6, 6.07) is -0.194. The standard InChI is InChI=1S/C17H21N5O3S/c1-10-7-19-17-22(15(10)24)13(8-26-17)6-14(23)18-4-5-21-9-20-12(3)11(2)16(21)25/h7,9,13H,4-6,8H2,1-3H3,(H,18,23). The number of hydrogen-bond donors (Lipinski definition) is 1. The van der Waals surface area contributed by atoms with Crippen molar-refractivity contribution in [2.24, 2.45) is 0 Å². The molecule has 1 N–H and O–H groups in total. The summed E-state index contributed by atoms with van der Waals surface area (Å²) < 4.78 is 3.10. The van der Waals surface area contributed by atoms with E-state index >= 15 is 0 Å². The van der Waals surface area contributed by atoms with Crippen LogP contribution in [0.4, 0.5) is 0 Å². The van der Waals surface area contributed by atoms with Crippen molar-refractivity contribution in [1.82, 2.24) is 24.4 Å². The van der Waals surface area contributed by atoms with Gasteiger partial charge in [-0.05, 0) is 20.8 Å². The van der Waals surface area contributed by atoms with Gasteiger partial charge in [0.1, 0.15) is 0 Å². The molecule has 0 saturated carbocycles. The van der Waals surface area contributed by atoms with Gasteiger partial charge >= 0.3 is 0 Å². The van der Waals surface area contributed by atoms with E-state index in [0.29, 0.717) is 40.8 Å². The number of rotatable bonds is 5. The molecule has 1 unspecified atom stereocenters. The van der Waals surface area contributed by atoms with Crippen molar-refractivity contribution in [3.63, 3.8) is 0 Å². The topological polar surface area (TPSA) is 98.9 Å². The van der Waals surface area contributed by atoms with Gasteiger partial charge in [0.05, 0.1) is 12.4 Å². The minimum atomic E-state index is -0.194. The van der Waals surface area contributed by atoms with Crippen LogP contribution >= 0.6 is 11.8 Å². The molecule has 3 heterocycles. The number of carbonyl (C=O) groups excluding carboxylic acids is 1. The van der Waals surface area contributed by atoms with Gasteiger partial charge in [-0.3, -0.25) is 23.5 Å². The average Bonchev–Trinajstić information content (AvgIpc) is 3.01. The second-order valence-electron chi connectivity index (χ2n) is 6.37. The number of nitrogens with zero attached hydrogens (tertiary/aromatic N) is 4. The number of aromatic nitrogens is 4. The van der Waals surface area contributed by atoms with E-state index in [1.165, 1.54) is 22.7 Å². The van der Waals surface area contributed by atoms with E-state index in [1.54, 1.807) is 31.5 Å². The van der Waals surface area contributed by atoms with Gasteiger partial charge < -0.3 is 5.32 Å². The Morgan fingerprint density at radius 2 is 2.04 bits per heavy atom. The second-order valence-corrected chi connectivity index (χ2v) is 7.36. The van der Waals surface area contributed by atoms with Gasteiger partial charge in [0.15, 0.2) is 5.16 Å². The monoisotopic (exact) mass is 375 g/mol. The van der Waals surface area contributed by atoms with E-state index in [-0.39, 0.29) is 29.5 Å². The van der Waals surface area contributed by atoms with Gasteiger partial charge in [0.25, 0.3) is 11.1 Å². The molecule has 138 valence electrons. The van der Waals surface area contributed by atoms with Gasteiger partial charge in [-0.25, -0.2) is 9.97 Å². The molecule has 0 spiro atoms. The van der Waals surface area contributed by atoms with Crippen molar-refractivity contribution < 1.29 is 4.79 Å². The molecule has 1 amide bonds. The second kappa shape index (κ2) is 7.45. The Morgan fingerprint density at radius 1 is 1.27 bits per heavy atom. The van der Waals surface area contributed by atoms with Crippen LogP contribution in [0.2, 0.25) is 0 Å². The molecule has 3 rings (SSSR count). The van der Waals surface area contributed by atoms with Crippen LogP contribution < -0.4 is 16.4 Å². The zero-order chi connectivity index (χ0) is 18.8. The summed E-state index contributed by atoms with van der Waals surface area (Å²) in [5.74, 6) is 0.501. The zero-order valence-corrected chi connectivity index (χ0v) is 15.8. The number of amides is 1. The van der Waals surface area contributed by atoms with Crippen molar-refractivity contribution in [2.45, 2.75) is 44.9 Å². The lowest BCUT2D eigenvalue weighted by molar-refractivity contribution is -0.121. The molecule has 1 aliphatic heterocycles. The third kappa shape index (κ3) is 3.57.